The Labute approximate surface area is 310 Å². The minimum Gasteiger partial charge on any atom is -0.340 e. The Morgan fingerprint density at radius 3 is 1.67 bits per heavy atom. The van der Waals surface area contributed by atoms with Crippen molar-refractivity contribution in [3.8, 4) is 11.4 Å². The van der Waals surface area contributed by atoms with Crippen LogP contribution in [0.25, 0.3) is 32.9 Å². The number of aromatic nitrogens is 4. The molecule has 8 rings (SSSR count). The van der Waals surface area contributed by atoms with Crippen molar-refractivity contribution in [3.05, 3.63) is 120 Å². The Hall–Kier alpha value is -6.51. The molecule has 4 heterocycles. The number of rotatable bonds is 14. The lowest BCUT2D eigenvalue weighted by molar-refractivity contribution is -0.130. The molecule has 14 heteroatoms. The minimum atomic E-state index is -0.400. The molecule has 2 aromatic heterocycles. The van der Waals surface area contributed by atoms with Crippen molar-refractivity contribution in [1.29, 1.82) is 0 Å². The number of carbonyl (C=O) groups is 5. The Morgan fingerprint density at radius 1 is 0.648 bits per heavy atom. The number of hydrogen-bond donors (Lipinski definition) is 2. The van der Waals surface area contributed by atoms with Crippen molar-refractivity contribution < 1.29 is 24.0 Å². The van der Waals surface area contributed by atoms with Crippen LogP contribution in [0, 0.1) is 0 Å². The summed E-state index contributed by atoms with van der Waals surface area (Å²) < 4.78 is 3.70. The summed E-state index contributed by atoms with van der Waals surface area (Å²) >= 11 is 0. The summed E-state index contributed by atoms with van der Waals surface area (Å²) in [4.78, 5) is 80.0. The number of nitrogens with one attached hydrogen (secondary N) is 2. The highest BCUT2D eigenvalue weighted by molar-refractivity contribution is 6.27. The Balaban J connectivity index is 0.882. The molecule has 2 aliphatic rings. The molecule has 4 aromatic carbocycles. The van der Waals surface area contributed by atoms with Crippen molar-refractivity contribution in [2.75, 3.05) is 52.9 Å². The predicted molar refractivity (Wildman–Crippen MR) is 201 cm³/mol. The van der Waals surface area contributed by atoms with Crippen LogP contribution in [-0.4, -0.2) is 116 Å². The van der Waals surface area contributed by atoms with Crippen molar-refractivity contribution >= 4 is 51.1 Å². The van der Waals surface area contributed by atoms with E-state index in [1.807, 2.05) is 51.9 Å². The first-order valence-corrected chi connectivity index (χ1v) is 17.8. The second kappa shape index (κ2) is 14.5. The summed E-state index contributed by atoms with van der Waals surface area (Å²) in [6.07, 6.45) is 10.9. The van der Waals surface area contributed by atoms with Gasteiger partial charge in [0.15, 0.2) is 0 Å². The lowest BCUT2D eigenvalue weighted by Gasteiger charge is -2.30. The fourth-order valence-corrected chi connectivity index (χ4v) is 7.48. The normalized spacial score (nSPS) is 13.8. The smallest absolute Gasteiger partial charge is 0.261 e. The highest BCUT2D eigenvalue weighted by Crippen LogP contribution is 2.35. The summed E-state index contributed by atoms with van der Waals surface area (Å²) in [6, 6.07) is 18.1. The van der Waals surface area contributed by atoms with Gasteiger partial charge in [0.2, 0.25) is 5.91 Å². The quantitative estimate of drug-likeness (QED) is 0.127. The van der Waals surface area contributed by atoms with Gasteiger partial charge in [0.25, 0.3) is 23.6 Å². The van der Waals surface area contributed by atoms with Crippen molar-refractivity contribution in [3.63, 3.8) is 0 Å². The molecule has 0 unspecified atom stereocenters. The van der Waals surface area contributed by atoms with E-state index in [2.05, 4.69) is 20.6 Å². The van der Waals surface area contributed by atoms with Gasteiger partial charge in [-0.05, 0) is 56.4 Å². The van der Waals surface area contributed by atoms with Crippen LogP contribution >= 0.6 is 0 Å². The maximum absolute atomic E-state index is 13.7. The zero-order chi connectivity index (χ0) is 37.3. The molecule has 14 nitrogen and oxygen atoms in total. The third-order valence-electron chi connectivity index (χ3n) is 10.1. The Kier molecular flexibility index (Phi) is 9.27. The second-order valence-electron chi connectivity index (χ2n) is 13.2. The standard InChI is InChI=1S/C40H37N9O5/c1-41-23-34(50)45(21-22-49-38(52)29-8-3-6-27-33(47-19-15-44-25-47)12-10-31(36(27)29)40(49)54)17-4-13-42-16-20-48-37(51)28-7-2-5-26-32(46-18-14-43-24-46)11-9-30(35(26)28)39(48)53/h2-3,5-12,14-15,18-19,24-25,41-42H,4,13,16-17,20-23H2,1H3. The van der Waals surface area contributed by atoms with Crippen LogP contribution in [0.3, 0.4) is 0 Å². The number of imide groups is 2. The van der Waals surface area contributed by atoms with E-state index in [9.17, 15) is 24.0 Å². The molecule has 5 amide bonds. The van der Waals surface area contributed by atoms with E-state index in [0.29, 0.717) is 59.1 Å². The zero-order valence-corrected chi connectivity index (χ0v) is 29.6. The fourth-order valence-electron chi connectivity index (χ4n) is 7.48. The van der Waals surface area contributed by atoms with Gasteiger partial charge in [-0.25, -0.2) is 9.97 Å². The monoisotopic (exact) mass is 723 g/mol. The molecule has 272 valence electrons. The molecule has 0 saturated carbocycles. The topological polar surface area (TPSA) is 155 Å². The van der Waals surface area contributed by atoms with Gasteiger partial charge in [-0.3, -0.25) is 33.8 Å². The maximum Gasteiger partial charge on any atom is 0.261 e. The number of benzene rings is 4. The molecule has 0 radical (unpaired) electrons. The molecular formula is C40H37N9O5. The predicted octanol–water partition coefficient (Wildman–Crippen LogP) is 3.28. The average molecular weight is 724 g/mol. The van der Waals surface area contributed by atoms with E-state index < -0.39 is 11.8 Å². The molecule has 0 aliphatic carbocycles. The number of nitrogens with zero attached hydrogens (tertiary/aromatic N) is 7. The van der Waals surface area contributed by atoms with E-state index in [4.69, 9.17) is 0 Å². The maximum atomic E-state index is 13.7. The van der Waals surface area contributed by atoms with Gasteiger partial charge < -0.3 is 24.7 Å². The largest absolute Gasteiger partial charge is 0.340 e. The van der Waals surface area contributed by atoms with Gasteiger partial charge >= 0.3 is 0 Å². The third kappa shape index (κ3) is 6.00. The number of likely N-dealkylation sites (N-methyl/N-ethyl adjacent to an activating group) is 1. The SMILES string of the molecule is CNCC(=O)N(CCCNCCN1C(=O)c2cccc3c(-n4ccnc4)ccc(c23)C1=O)CCN1C(=O)c2cccc3c(-n4ccnc4)ccc(c23)C1=O. The number of hydrogen-bond acceptors (Lipinski definition) is 9. The molecular weight excluding hydrogens is 686 g/mol. The molecule has 0 saturated heterocycles. The highest BCUT2D eigenvalue weighted by Gasteiger charge is 2.35. The van der Waals surface area contributed by atoms with Crippen LogP contribution in [0.2, 0.25) is 0 Å². The average Bonchev–Trinajstić information content (AvgIpc) is 3.93. The first kappa shape index (κ1) is 34.6. The summed E-state index contributed by atoms with van der Waals surface area (Å²) in [5.74, 6) is -1.64. The molecule has 2 aliphatic heterocycles. The minimum absolute atomic E-state index is 0.0386. The molecule has 0 bridgehead atoms. The van der Waals surface area contributed by atoms with E-state index in [0.717, 1.165) is 22.1 Å². The molecule has 6 aromatic rings. The zero-order valence-electron chi connectivity index (χ0n) is 29.6. The van der Waals surface area contributed by atoms with Gasteiger partial charge in [-0.15, -0.1) is 0 Å². The van der Waals surface area contributed by atoms with Gasteiger partial charge in [-0.2, -0.15) is 0 Å². The Morgan fingerprint density at radius 2 is 1.17 bits per heavy atom. The summed E-state index contributed by atoms with van der Waals surface area (Å²) in [7, 11) is 1.69. The Bertz CT molecular complexity index is 2400. The van der Waals surface area contributed by atoms with E-state index in [1.54, 1.807) is 67.3 Å². The van der Waals surface area contributed by atoms with E-state index in [1.165, 1.54) is 9.80 Å². The molecule has 2 N–H and O–H groups in total. The van der Waals surface area contributed by atoms with Gasteiger partial charge in [0.05, 0.1) is 30.6 Å². The lowest BCUT2D eigenvalue weighted by atomic mass is 9.93. The number of carbonyl (C=O) groups excluding carboxylic acids is 5. The fraction of sp³-hybridized carbons (Fsp3) is 0.225. The van der Waals surface area contributed by atoms with E-state index in [-0.39, 0.29) is 43.9 Å². The third-order valence-corrected chi connectivity index (χ3v) is 10.1. The molecule has 0 atom stereocenters. The summed E-state index contributed by atoms with van der Waals surface area (Å²) in [5, 5.41) is 9.02. The number of amides is 5. The van der Waals surface area contributed by atoms with Crippen molar-refractivity contribution in [2.45, 2.75) is 6.42 Å². The van der Waals surface area contributed by atoms with Crippen molar-refractivity contribution in [2.24, 2.45) is 0 Å². The molecule has 0 fully saturated rings. The van der Waals surface area contributed by atoms with Crippen LogP contribution in [0.4, 0.5) is 0 Å². The van der Waals surface area contributed by atoms with Crippen molar-refractivity contribution in [1.82, 2.24) is 44.4 Å². The van der Waals surface area contributed by atoms with Crippen LogP contribution in [0.15, 0.2) is 98.1 Å². The van der Waals surface area contributed by atoms with Crippen LogP contribution in [0.1, 0.15) is 47.9 Å². The summed E-state index contributed by atoms with van der Waals surface area (Å²) in [5.41, 5.74) is 3.49. The van der Waals surface area contributed by atoms with E-state index >= 15 is 0 Å². The lowest BCUT2D eigenvalue weighted by Crippen LogP contribution is -2.47. The second-order valence-corrected chi connectivity index (χ2v) is 13.2. The van der Waals surface area contributed by atoms with Crippen LogP contribution in [-0.2, 0) is 4.79 Å². The first-order chi connectivity index (χ1) is 26.4. The van der Waals surface area contributed by atoms with Crippen LogP contribution < -0.4 is 10.6 Å². The van der Waals surface area contributed by atoms with Crippen LogP contribution in [0.5, 0.6) is 0 Å². The summed E-state index contributed by atoms with van der Waals surface area (Å²) in [6.45, 7) is 1.74. The van der Waals surface area contributed by atoms with Gasteiger partial charge in [-0.1, -0.05) is 24.3 Å². The van der Waals surface area contributed by atoms with Gasteiger partial charge in [0.1, 0.15) is 0 Å². The first-order valence-electron chi connectivity index (χ1n) is 17.8. The highest BCUT2D eigenvalue weighted by atomic mass is 16.2. The molecule has 0 spiro atoms. The molecule has 54 heavy (non-hydrogen) atoms. The number of imidazole rings is 2. The van der Waals surface area contributed by atoms with Gasteiger partial charge in [0, 0.05) is 101 Å².